The molecule has 0 aliphatic rings. The van der Waals surface area contributed by atoms with Gasteiger partial charge in [-0.1, -0.05) is 12.1 Å². The first-order valence-corrected chi connectivity index (χ1v) is 7.01. The molecule has 0 spiro atoms. The summed E-state index contributed by atoms with van der Waals surface area (Å²) < 4.78 is 6.82. The quantitative estimate of drug-likeness (QED) is 0.848. The van der Waals surface area contributed by atoms with Crippen molar-refractivity contribution in [3.8, 4) is 0 Å². The molecule has 1 amide bonds. The van der Waals surface area contributed by atoms with Gasteiger partial charge >= 0.3 is 11.8 Å². The second-order valence-electron chi connectivity index (χ2n) is 5.88. The van der Waals surface area contributed by atoms with E-state index in [-0.39, 0.29) is 5.69 Å². The standard InChI is InChI=1S/C15H21N3O3/c1-15(2,3)21-14(20)16-9-6-10-18-12-8-5-4-7-11(12)17-13(18)19/h4-5,7-8H,6,9-10H2,1-3H3,(H,16,20)(H,17,19). The van der Waals surface area contributed by atoms with E-state index in [1.54, 1.807) is 4.57 Å². The number of H-pyrrole nitrogens is 1. The predicted molar refractivity (Wildman–Crippen MR) is 81.4 cm³/mol. The molecule has 1 heterocycles. The van der Waals surface area contributed by atoms with E-state index in [2.05, 4.69) is 10.3 Å². The predicted octanol–water partition coefficient (Wildman–Crippen LogP) is 2.24. The van der Waals surface area contributed by atoms with Gasteiger partial charge in [0.25, 0.3) is 0 Å². The number of nitrogens with one attached hydrogen (secondary N) is 2. The summed E-state index contributed by atoms with van der Waals surface area (Å²) in [5.41, 5.74) is 1.06. The molecule has 2 aromatic rings. The first-order valence-electron chi connectivity index (χ1n) is 7.01. The van der Waals surface area contributed by atoms with Crippen molar-refractivity contribution in [1.82, 2.24) is 14.9 Å². The van der Waals surface area contributed by atoms with Crippen LogP contribution in [0.15, 0.2) is 29.1 Å². The zero-order valence-electron chi connectivity index (χ0n) is 12.6. The summed E-state index contributed by atoms with van der Waals surface area (Å²) in [5.74, 6) is 0. The third-order valence-electron chi connectivity index (χ3n) is 2.91. The number of fused-ring (bicyclic) bond motifs is 1. The average Bonchev–Trinajstić information content (AvgIpc) is 2.68. The molecule has 0 saturated heterocycles. The molecule has 0 saturated carbocycles. The van der Waals surface area contributed by atoms with Gasteiger partial charge in [-0.15, -0.1) is 0 Å². The van der Waals surface area contributed by atoms with Crippen LogP contribution < -0.4 is 11.0 Å². The Kier molecular flexibility index (Phi) is 4.35. The van der Waals surface area contributed by atoms with Gasteiger partial charge in [0.1, 0.15) is 5.60 Å². The highest BCUT2D eigenvalue weighted by Gasteiger charge is 2.15. The van der Waals surface area contributed by atoms with Gasteiger partial charge in [0.15, 0.2) is 0 Å². The molecular weight excluding hydrogens is 270 g/mol. The molecule has 0 bridgehead atoms. The summed E-state index contributed by atoms with van der Waals surface area (Å²) in [5, 5.41) is 2.68. The number of carbonyl (C=O) groups excluding carboxylic acids is 1. The first kappa shape index (κ1) is 15.2. The second-order valence-corrected chi connectivity index (χ2v) is 5.88. The van der Waals surface area contributed by atoms with Crippen molar-refractivity contribution in [3.63, 3.8) is 0 Å². The van der Waals surface area contributed by atoms with Crippen LogP contribution in [-0.2, 0) is 11.3 Å². The number of rotatable bonds is 4. The lowest BCUT2D eigenvalue weighted by atomic mass is 10.2. The summed E-state index contributed by atoms with van der Waals surface area (Å²) in [6.45, 7) is 6.45. The van der Waals surface area contributed by atoms with E-state index in [4.69, 9.17) is 4.74 Å². The minimum absolute atomic E-state index is 0.131. The normalized spacial score (nSPS) is 11.6. The molecule has 1 aromatic heterocycles. The van der Waals surface area contributed by atoms with Gasteiger partial charge < -0.3 is 15.0 Å². The molecule has 0 aliphatic heterocycles. The molecule has 0 radical (unpaired) electrons. The lowest BCUT2D eigenvalue weighted by Crippen LogP contribution is -2.33. The Balaban J connectivity index is 1.87. The number of hydrogen-bond acceptors (Lipinski definition) is 3. The third kappa shape index (κ3) is 4.11. The van der Waals surface area contributed by atoms with Gasteiger partial charge in [-0.2, -0.15) is 0 Å². The minimum Gasteiger partial charge on any atom is -0.444 e. The number of benzene rings is 1. The summed E-state index contributed by atoms with van der Waals surface area (Å²) in [6.07, 6.45) is 0.217. The van der Waals surface area contributed by atoms with Crippen LogP contribution in [0.2, 0.25) is 0 Å². The Morgan fingerprint density at radius 3 is 2.76 bits per heavy atom. The van der Waals surface area contributed by atoms with Crippen LogP contribution in [-0.4, -0.2) is 27.8 Å². The van der Waals surface area contributed by atoms with Gasteiger partial charge in [0.2, 0.25) is 0 Å². The van der Waals surface area contributed by atoms with E-state index < -0.39 is 11.7 Å². The van der Waals surface area contributed by atoms with Crippen molar-refractivity contribution < 1.29 is 9.53 Å². The van der Waals surface area contributed by atoms with Crippen molar-refractivity contribution in [2.45, 2.75) is 39.3 Å². The fourth-order valence-electron chi connectivity index (χ4n) is 2.07. The van der Waals surface area contributed by atoms with Crippen molar-refractivity contribution in [1.29, 1.82) is 0 Å². The maximum Gasteiger partial charge on any atom is 0.407 e. The molecule has 0 unspecified atom stereocenters. The van der Waals surface area contributed by atoms with E-state index in [0.717, 1.165) is 11.0 Å². The Labute approximate surface area is 123 Å². The number of imidazole rings is 1. The number of hydrogen-bond donors (Lipinski definition) is 2. The largest absolute Gasteiger partial charge is 0.444 e. The minimum atomic E-state index is -0.502. The highest BCUT2D eigenvalue weighted by Crippen LogP contribution is 2.09. The first-order chi connectivity index (χ1) is 9.87. The zero-order chi connectivity index (χ0) is 15.5. The maximum absolute atomic E-state index is 11.8. The number of ether oxygens (including phenoxy) is 1. The van der Waals surface area contributed by atoms with Crippen molar-refractivity contribution >= 4 is 17.1 Å². The monoisotopic (exact) mass is 291 g/mol. The molecule has 1 aromatic carbocycles. The summed E-state index contributed by atoms with van der Waals surface area (Å²) in [7, 11) is 0. The fourth-order valence-corrected chi connectivity index (χ4v) is 2.07. The Morgan fingerprint density at radius 1 is 1.33 bits per heavy atom. The molecule has 114 valence electrons. The molecular formula is C15H21N3O3. The van der Waals surface area contributed by atoms with Crippen LogP contribution in [0.5, 0.6) is 0 Å². The van der Waals surface area contributed by atoms with Crippen LogP contribution in [0, 0.1) is 0 Å². The van der Waals surface area contributed by atoms with Crippen LogP contribution >= 0.6 is 0 Å². The van der Waals surface area contributed by atoms with Gasteiger partial charge in [0, 0.05) is 13.1 Å². The third-order valence-corrected chi connectivity index (χ3v) is 2.91. The Bertz CT molecular complexity index is 679. The van der Waals surface area contributed by atoms with Gasteiger partial charge in [-0.25, -0.2) is 9.59 Å². The molecule has 0 fully saturated rings. The lowest BCUT2D eigenvalue weighted by Gasteiger charge is -2.19. The second kappa shape index (κ2) is 6.03. The number of para-hydroxylation sites is 2. The Morgan fingerprint density at radius 2 is 2.05 bits per heavy atom. The smallest absolute Gasteiger partial charge is 0.407 e. The van der Waals surface area contributed by atoms with Crippen LogP contribution in [0.25, 0.3) is 11.0 Å². The number of aromatic nitrogens is 2. The van der Waals surface area contributed by atoms with E-state index in [1.165, 1.54) is 0 Å². The average molecular weight is 291 g/mol. The molecule has 0 atom stereocenters. The highest BCUT2D eigenvalue weighted by molar-refractivity contribution is 5.74. The van der Waals surface area contributed by atoms with Crippen LogP contribution in [0.4, 0.5) is 4.79 Å². The number of aromatic amines is 1. The van der Waals surface area contributed by atoms with E-state index in [0.29, 0.717) is 19.5 Å². The van der Waals surface area contributed by atoms with E-state index in [1.807, 2.05) is 45.0 Å². The van der Waals surface area contributed by atoms with E-state index >= 15 is 0 Å². The van der Waals surface area contributed by atoms with Crippen LogP contribution in [0.3, 0.4) is 0 Å². The number of carbonyl (C=O) groups is 1. The summed E-state index contributed by atoms with van der Waals surface area (Å²) in [4.78, 5) is 26.1. The topological polar surface area (TPSA) is 76.1 Å². The van der Waals surface area contributed by atoms with Gasteiger partial charge in [0.05, 0.1) is 11.0 Å². The lowest BCUT2D eigenvalue weighted by molar-refractivity contribution is 0.0527. The molecule has 6 nitrogen and oxygen atoms in total. The fraction of sp³-hybridized carbons (Fsp3) is 0.467. The van der Waals surface area contributed by atoms with Crippen molar-refractivity contribution in [2.24, 2.45) is 0 Å². The Hall–Kier alpha value is -2.24. The van der Waals surface area contributed by atoms with Crippen molar-refractivity contribution in [3.05, 3.63) is 34.7 Å². The molecule has 21 heavy (non-hydrogen) atoms. The van der Waals surface area contributed by atoms with E-state index in [9.17, 15) is 9.59 Å². The van der Waals surface area contributed by atoms with Gasteiger partial charge in [-0.05, 0) is 39.3 Å². The SMILES string of the molecule is CC(C)(C)OC(=O)NCCCn1c(=O)[nH]c2ccccc21. The summed E-state index contributed by atoms with van der Waals surface area (Å²) in [6, 6.07) is 7.54. The number of amides is 1. The van der Waals surface area contributed by atoms with Gasteiger partial charge in [-0.3, -0.25) is 4.57 Å². The molecule has 2 rings (SSSR count). The number of nitrogens with zero attached hydrogens (tertiary/aromatic N) is 1. The number of alkyl carbamates (subject to hydrolysis) is 1. The number of aryl methyl sites for hydroxylation is 1. The summed E-state index contributed by atoms with van der Waals surface area (Å²) >= 11 is 0. The molecule has 2 N–H and O–H groups in total. The molecule has 6 heteroatoms. The van der Waals surface area contributed by atoms with Crippen LogP contribution in [0.1, 0.15) is 27.2 Å². The maximum atomic E-state index is 11.8. The van der Waals surface area contributed by atoms with Crippen molar-refractivity contribution in [2.75, 3.05) is 6.54 Å². The zero-order valence-corrected chi connectivity index (χ0v) is 12.6. The highest BCUT2D eigenvalue weighted by atomic mass is 16.6. The molecule has 0 aliphatic carbocycles.